The Hall–Kier alpha value is -1.62. The predicted octanol–water partition coefficient (Wildman–Crippen LogP) is 1.01. The molecule has 0 bridgehead atoms. The summed E-state index contributed by atoms with van der Waals surface area (Å²) < 4.78 is 1.84. The van der Waals surface area contributed by atoms with E-state index in [4.69, 9.17) is 5.73 Å². The molecule has 0 amide bonds. The van der Waals surface area contributed by atoms with E-state index >= 15 is 0 Å². The summed E-state index contributed by atoms with van der Waals surface area (Å²) in [5.41, 5.74) is 7.66. The van der Waals surface area contributed by atoms with E-state index in [2.05, 4.69) is 15.3 Å². The van der Waals surface area contributed by atoms with Crippen molar-refractivity contribution in [2.45, 2.75) is 25.9 Å². The fourth-order valence-corrected chi connectivity index (χ4v) is 1.42. The van der Waals surface area contributed by atoms with Crippen molar-refractivity contribution in [3.05, 3.63) is 24.7 Å². The molecule has 2 aromatic rings. The zero-order valence-corrected chi connectivity index (χ0v) is 8.94. The third-order valence-corrected chi connectivity index (χ3v) is 2.01. The third kappa shape index (κ3) is 2.44. The minimum Gasteiger partial charge on any atom is -0.324 e. The summed E-state index contributed by atoms with van der Waals surface area (Å²) in [6.45, 7) is 4.65. The summed E-state index contributed by atoms with van der Waals surface area (Å²) in [6, 6.07) is 1.91. The van der Waals surface area contributed by atoms with Gasteiger partial charge in [-0.3, -0.25) is 9.78 Å². The zero-order valence-electron chi connectivity index (χ0n) is 8.94. The largest absolute Gasteiger partial charge is 0.324 e. The smallest absolute Gasteiger partial charge is 0.0681 e. The molecule has 0 fully saturated rings. The van der Waals surface area contributed by atoms with Gasteiger partial charge in [0.2, 0.25) is 0 Å². The van der Waals surface area contributed by atoms with E-state index in [0.29, 0.717) is 6.54 Å². The molecule has 0 atom stereocenters. The van der Waals surface area contributed by atoms with E-state index in [-0.39, 0.29) is 5.54 Å². The first-order valence-electron chi connectivity index (χ1n) is 4.86. The number of nitrogens with one attached hydrogen (secondary N) is 1. The van der Waals surface area contributed by atoms with E-state index in [9.17, 15) is 0 Å². The molecule has 15 heavy (non-hydrogen) atoms. The van der Waals surface area contributed by atoms with Crippen LogP contribution >= 0.6 is 0 Å². The average molecular weight is 205 g/mol. The fraction of sp³-hybridized carbons (Fsp3) is 0.400. The minimum absolute atomic E-state index is 0.253. The van der Waals surface area contributed by atoms with Crippen LogP contribution in [0.4, 0.5) is 0 Å². The van der Waals surface area contributed by atoms with Gasteiger partial charge in [-0.05, 0) is 19.9 Å². The van der Waals surface area contributed by atoms with Gasteiger partial charge in [-0.2, -0.15) is 10.2 Å². The van der Waals surface area contributed by atoms with Crippen LogP contribution < -0.4 is 5.73 Å². The van der Waals surface area contributed by atoms with Crippen molar-refractivity contribution in [3.8, 4) is 11.3 Å². The van der Waals surface area contributed by atoms with Crippen molar-refractivity contribution < 1.29 is 0 Å². The van der Waals surface area contributed by atoms with Crippen molar-refractivity contribution in [2.75, 3.05) is 0 Å². The van der Waals surface area contributed by atoms with Crippen LogP contribution in [0.3, 0.4) is 0 Å². The highest BCUT2D eigenvalue weighted by atomic mass is 15.3. The molecule has 0 aliphatic carbocycles. The molecule has 0 unspecified atom stereocenters. The fourth-order valence-electron chi connectivity index (χ4n) is 1.42. The summed E-state index contributed by atoms with van der Waals surface area (Å²) in [4.78, 5) is 0. The summed E-state index contributed by atoms with van der Waals surface area (Å²) in [5.74, 6) is 0. The molecule has 2 heterocycles. The molecule has 2 aromatic heterocycles. The minimum atomic E-state index is -0.253. The number of nitrogens with zero attached hydrogens (tertiary/aromatic N) is 3. The second kappa shape index (κ2) is 3.51. The van der Waals surface area contributed by atoms with Crippen molar-refractivity contribution in [1.82, 2.24) is 20.0 Å². The Bertz CT molecular complexity index is 421. The first-order chi connectivity index (χ1) is 7.04. The Morgan fingerprint density at radius 1 is 1.53 bits per heavy atom. The first kappa shape index (κ1) is 9.92. The standard InChI is InChI=1S/C10H15N5/c1-10(2,11)7-15-6-8(5-13-15)9-3-4-12-14-9/h3-6H,7,11H2,1-2H3,(H,12,14). The van der Waals surface area contributed by atoms with E-state index in [1.807, 2.05) is 30.8 Å². The lowest BCUT2D eigenvalue weighted by atomic mass is 10.1. The number of H-pyrrole nitrogens is 1. The molecule has 0 aromatic carbocycles. The van der Waals surface area contributed by atoms with Crippen molar-refractivity contribution in [2.24, 2.45) is 5.73 Å². The summed E-state index contributed by atoms with van der Waals surface area (Å²) in [5, 5.41) is 11.0. The highest BCUT2D eigenvalue weighted by molar-refractivity contribution is 5.55. The molecule has 0 saturated carbocycles. The van der Waals surface area contributed by atoms with Crippen molar-refractivity contribution in [3.63, 3.8) is 0 Å². The molecule has 0 spiro atoms. The van der Waals surface area contributed by atoms with Crippen molar-refractivity contribution in [1.29, 1.82) is 0 Å². The van der Waals surface area contributed by atoms with Gasteiger partial charge in [0.25, 0.3) is 0 Å². The summed E-state index contributed by atoms with van der Waals surface area (Å²) in [7, 11) is 0. The highest BCUT2D eigenvalue weighted by Gasteiger charge is 2.12. The normalized spacial score (nSPS) is 11.9. The van der Waals surface area contributed by atoms with Crippen LogP contribution in [0.15, 0.2) is 24.7 Å². The first-order valence-corrected chi connectivity index (χ1v) is 4.86. The lowest BCUT2D eigenvalue weighted by molar-refractivity contribution is 0.408. The average Bonchev–Trinajstić information content (AvgIpc) is 2.68. The Morgan fingerprint density at radius 3 is 2.93 bits per heavy atom. The topological polar surface area (TPSA) is 72.5 Å². The number of hydrogen-bond donors (Lipinski definition) is 2. The SMILES string of the molecule is CC(C)(N)Cn1cc(-c2ccn[nH]2)cn1. The van der Waals surface area contributed by atoms with Gasteiger partial charge in [0.05, 0.1) is 18.4 Å². The second-order valence-corrected chi connectivity index (χ2v) is 4.39. The summed E-state index contributed by atoms with van der Waals surface area (Å²) in [6.07, 6.45) is 5.49. The maximum atomic E-state index is 5.91. The van der Waals surface area contributed by atoms with Gasteiger partial charge < -0.3 is 5.73 Å². The van der Waals surface area contributed by atoms with E-state index in [0.717, 1.165) is 11.3 Å². The van der Waals surface area contributed by atoms with Crippen LogP contribution in [0.25, 0.3) is 11.3 Å². The van der Waals surface area contributed by atoms with E-state index in [1.165, 1.54) is 0 Å². The maximum absolute atomic E-state index is 5.91. The predicted molar refractivity (Wildman–Crippen MR) is 58.1 cm³/mol. The molecule has 0 saturated heterocycles. The maximum Gasteiger partial charge on any atom is 0.0681 e. The summed E-state index contributed by atoms with van der Waals surface area (Å²) >= 11 is 0. The number of hydrogen-bond acceptors (Lipinski definition) is 3. The van der Waals surface area contributed by atoms with Gasteiger partial charge in [0, 0.05) is 23.5 Å². The Kier molecular flexibility index (Phi) is 2.32. The molecule has 0 aliphatic heterocycles. The highest BCUT2D eigenvalue weighted by Crippen LogP contribution is 2.15. The van der Waals surface area contributed by atoms with Gasteiger partial charge in [-0.15, -0.1) is 0 Å². The molecule has 3 N–H and O–H groups in total. The number of nitrogens with two attached hydrogens (primary N) is 1. The molecule has 5 nitrogen and oxygen atoms in total. The van der Waals surface area contributed by atoms with Crippen molar-refractivity contribution >= 4 is 0 Å². The number of aromatic nitrogens is 4. The number of aromatic amines is 1. The van der Waals surface area contributed by atoms with Gasteiger partial charge >= 0.3 is 0 Å². The molecule has 0 aliphatic rings. The monoisotopic (exact) mass is 205 g/mol. The van der Waals surface area contributed by atoms with Crippen LogP contribution in [-0.2, 0) is 6.54 Å². The van der Waals surface area contributed by atoms with Gasteiger partial charge in [-0.25, -0.2) is 0 Å². The Morgan fingerprint density at radius 2 is 2.33 bits per heavy atom. The quantitative estimate of drug-likeness (QED) is 0.785. The Balaban J connectivity index is 2.18. The van der Waals surface area contributed by atoms with Crippen LogP contribution in [0.5, 0.6) is 0 Å². The molecule has 80 valence electrons. The van der Waals surface area contributed by atoms with Crippen LogP contribution in [0.2, 0.25) is 0 Å². The Labute approximate surface area is 88.3 Å². The van der Waals surface area contributed by atoms with Gasteiger partial charge in [-0.1, -0.05) is 0 Å². The molecular weight excluding hydrogens is 190 g/mol. The third-order valence-electron chi connectivity index (χ3n) is 2.01. The number of rotatable bonds is 3. The van der Waals surface area contributed by atoms with E-state index in [1.54, 1.807) is 12.4 Å². The van der Waals surface area contributed by atoms with Gasteiger partial charge in [0.1, 0.15) is 0 Å². The van der Waals surface area contributed by atoms with Crippen LogP contribution in [0, 0.1) is 0 Å². The van der Waals surface area contributed by atoms with Crippen LogP contribution in [-0.4, -0.2) is 25.5 Å². The molecule has 5 heteroatoms. The van der Waals surface area contributed by atoms with E-state index < -0.39 is 0 Å². The van der Waals surface area contributed by atoms with Crippen LogP contribution in [0.1, 0.15) is 13.8 Å². The zero-order chi connectivity index (χ0) is 10.9. The molecule has 2 rings (SSSR count). The van der Waals surface area contributed by atoms with Gasteiger partial charge in [0.15, 0.2) is 0 Å². The molecular formula is C10H15N5. The second-order valence-electron chi connectivity index (χ2n) is 4.39. The molecule has 0 radical (unpaired) electrons. The lowest BCUT2D eigenvalue weighted by Crippen LogP contribution is -2.37. The lowest BCUT2D eigenvalue weighted by Gasteiger charge is -2.17.